The van der Waals surface area contributed by atoms with E-state index in [2.05, 4.69) is 4.72 Å². The zero-order chi connectivity index (χ0) is 20.1. The summed E-state index contributed by atoms with van der Waals surface area (Å²) in [5, 5.41) is 0. The van der Waals surface area contributed by atoms with Crippen molar-refractivity contribution in [3.63, 3.8) is 0 Å². The summed E-state index contributed by atoms with van der Waals surface area (Å²) in [7, 11) is -1.49. The first-order chi connectivity index (χ1) is 14.2. The van der Waals surface area contributed by atoms with Gasteiger partial charge in [0.05, 0.1) is 11.5 Å². The number of carbonyl (C=O) groups excluding carboxylic acids is 1. The molecule has 1 aliphatic heterocycles. The molecule has 0 fully saturated rings. The number of ether oxygens (including phenoxy) is 2. The van der Waals surface area contributed by atoms with E-state index < -0.39 is 11.0 Å². The molecule has 1 atom stereocenters. The van der Waals surface area contributed by atoms with E-state index in [9.17, 15) is 9.00 Å². The average molecular weight is 405 g/mol. The van der Waals surface area contributed by atoms with Gasteiger partial charge in [0.1, 0.15) is 17.2 Å². The van der Waals surface area contributed by atoms with Crippen LogP contribution in [-0.2, 0) is 22.2 Å². The molecule has 6 heteroatoms. The summed E-state index contributed by atoms with van der Waals surface area (Å²) < 4.78 is 25.8. The third-order valence-corrected chi connectivity index (χ3v) is 5.47. The Balaban J connectivity index is 1.32. The smallest absolute Gasteiger partial charge is 0.257 e. The van der Waals surface area contributed by atoms with E-state index >= 15 is 0 Å². The summed E-state index contributed by atoms with van der Waals surface area (Å²) in [6.07, 6.45) is 2.10. The first-order valence-corrected chi connectivity index (χ1v) is 10.3. The minimum absolute atomic E-state index is 0.336. The second-order valence-corrected chi connectivity index (χ2v) is 7.61. The van der Waals surface area contributed by atoms with Gasteiger partial charge in [0.15, 0.2) is 11.0 Å². The molecule has 0 saturated heterocycles. The molecule has 4 rings (SSSR count). The van der Waals surface area contributed by atoms with E-state index in [1.807, 2.05) is 66.7 Å². The molecule has 1 unspecified atom stereocenters. The minimum atomic E-state index is -1.49. The second-order valence-electron chi connectivity index (χ2n) is 6.43. The predicted octanol–water partition coefficient (Wildman–Crippen LogP) is 4.23. The van der Waals surface area contributed by atoms with Crippen LogP contribution in [0.1, 0.15) is 11.1 Å². The van der Waals surface area contributed by atoms with E-state index in [-0.39, 0.29) is 5.91 Å². The van der Waals surface area contributed by atoms with Crippen molar-refractivity contribution >= 4 is 21.8 Å². The van der Waals surface area contributed by atoms with Crippen LogP contribution in [0.2, 0.25) is 0 Å². The Kier molecular flexibility index (Phi) is 5.72. The van der Waals surface area contributed by atoms with Crippen molar-refractivity contribution in [3.8, 4) is 17.2 Å². The Morgan fingerprint density at radius 2 is 1.59 bits per heavy atom. The van der Waals surface area contributed by atoms with Gasteiger partial charge in [0, 0.05) is 12.5 Å². The Morgan fingerprint density at radius 3 is 2.31 bits per heavy atom. The number of carbonyl (C=O) groups is 1. The molecule has 1 heterocycles. The molecule has 0 aliphatic carbocycles. The summed E-state index contributed by atoms with van der Waals surface area (Å²) in [6, 6.07) is 24.8. The van der Waals surface area contributed by atoms with E-state index in [1.165, 1.54) is 6.08 Å². The highest BCUT2D eigenvalue weighted by molar-refractivity contribution is 7.93. The number of hydrogen-bond donors (Lipinski definition) is 1. The summed E-state index contributed by atoms with van der Waals surface area (Å²) in [5.41, 5.74) is 1.85. The van der Waals surface area contributed by atoms with Crippen molar-refractivity contribution in [1.82, 2.24) is 4.72 Å². The van der Waals surface area contributed by atoms with Crippen LogP contribution < -0.4 is 14.2 Å². The standard InChI is InChI=1S/C23H19NO4S/c25-23-16-22(29(26)24-23)18-9-11-19(12-10-18)27-14-13-17-5-4-8-21(15-17)28-20-6-2-1-3-7-20/h1-12,15-16H,13-14H2,(H,24,25). The highest BCUT2D eigenvalue weighted by Gasteiger charge is 2.20. The minimum Gasteiger partial charge on any atom is -0.493 e. The van der Waals surface area contributed by atoms with Gasteiger partial charge >= 0.3 is 0 Å². The maximum atomic E-state index is 11.8. The van der Waals surface area contributed by atoms with Crippen LogP contribution in [0, 0.1) is 0 Å². The topological polar surface area (TPSA) is 64.6 Å². The van der Waals surface area contributed by atoms with Crippen LogP contribution in [0.4, 0.5) is 0 Å². The molecule has 1 amide bonds. The lowest BCUT2D eigenvalue weighted by atomic mass is 10.1. The number of hydrogen-bond acceptors (Lipinski definition) is 4. The van der Waals surface area contributed by atoms with Gasteiger partial charge < -0.3 is 9.47 Å². The van der Waals surface area contributed by atoms with Gasteiger partial charge in [0.2, 0.25) is 0 Å². The number of nitrogens with one attached hydrogen (secondary N) is 1. The zero-order valence-electron chi connectivity index (χ0n) is 15.5. The molecule has 3 aromatic carbocycles. The maximum absolute atomic E-state index is 11.8. The van der Waals surface area contributed by atoms with Crippen LogP contribution in [0.25, 0.3) is 4.91 Å². The first kappa shape index (κ1) is 19.0. The number of para-hydroxylation sites is 1. The molecule has 146 valence electrons. The van der Waals surface area contributed by atoms with E-state index in [0.717, 1.165) is 29.0 Å². The molecule has 29 heavy (non-hydrogen) atoms. The molecule has 0 aromatic heterocycles. The quantitative estimate of drug-likeness (QED) is 0.639. The summed E-state index contributed by atoms with van der Waals surface area (Å²) in [4.78, 5) is 11.8. The Hall–Kier alpha value is -3.38. The van der Waals surface area contributed by atoms with Crippen LogP contribution in [0.3, 0.4) is 0 Å². The van der Waals surface area contributed by atoms with E-state index in [4.69, 9.17) is 9.47 Å². The van der Waals surface area contributed by atoms with Crippen molar-refractivity contribution in [2.24, 2.45) is 0 Å². The SMILES string of the molecule is O=C1C=C(c2ccc(OCCc3cccc(Oc4ccccc4)c3)cc2)S(=O)N1. The van der Waals surface area contributed by atoms with Gasteiger partial charge in [-0.25, -0.2) is 4.21 Å². The van der Waals surface area contributed by atoms with Crippen molar-refractivity contribution in [2.75, 3.05) is 6.61 Å². The van der Waals surface area contributed by atoms with E-state index in [0.29, 0.717) is 17.3 Å². The first-order valence-electron chi connectivity index (χ1n) is 9.16. The fraction of sp³-hybridized carbons (Fsp3) is 0.0870. The van der Waals surface area contributed by atoms with Gasteiger partial charge in [-0.2, -0.15) is 0 Å². The maximum Gasteiger partial charge on any atom is 0.257 e. The molecule has 1 N–H and O–H groups in total. The molecular formula is C23H19NO4S. The average Bonchev–Trinajstić information content (AvgIpc) is 3.08. The van der Waals surface area contributed by atoms with Crippen LogP contribution in [0.5, 0.6) is 17.2 Å². The number of rotatable bonds is 7. The van der Waals surface area contributed by atoms with Crippen molar-refractivity contribution < 1.29 is 18.5 Å². The predicted molar refractivity (Wildman–Crippen MR) is 113 cm³/mol. The molecule has 0 radical (unpaired) electrons. The number of benzene rings is 3. The second kappa shape index (κ2) is 8.75. The van der Waals surface area contributed by atoms with E-state index in [1.54, 1.807) is 12.1 Å². The van der Waals surface area contributed by atoms with Gasteiger partial charge in [-0.1, -0.05) is 42.5 Å². The monoisotopic (exact) mass is 405 g/mol. The summed E-state index contributed by atoms with van der Waals surface area (Å²) in [6.45, 7) is 0.517. The lowest BCUT2D eigenvalue weighted by molar-refractivity contribution is -0.114. The third-order valence-electron chi connectivity index (χ3n) is 4.33. The zero-order valence-corrected chi connectivity index (χ0v) is 16.4. The highest BCUT2D eigenvalue weighted by Crippen LogP contribution is 2.24. The van der Waals surface area contributed by atoms with Gasteiger partial charge in [-0.05, 0) is 47.5 Å². The normalized spacial score (nSPS) is 15.5. The molecule has 3 aromatic rings. The third kappa shape index (κ3) is 4.92. The fourth-order valence-electron chi connectivity index (χ4n) is 2.93. The molecule has 5 nitrogen and oxygen atoms in total. The lowest BCUT2D eigenvalue weighted by Crippen LogP contribution is -2.16. The highest BCUT2D eigenvalue weighted by atomic mass is 32.2. The van der Waals surface area contributed by atoms with Crippen LogP contribution in [0.15, 0.2) is 84.9 Å². The largest absolute Gasteiger partial charge is 0.493 e. The van der Waals surface area contributed by atoms with Gasteiger partial charge in [0.25, 0.3) is 5.91 Å². The summed E-state index contributed by atoms with van der Waals surface area (Å²) in [5.74, 6) is 1.97. The van der Waals surface area contributed by atoms with Gasteiger partial charge in [-0.3, -0.25) is 9.52 Å². The van der Waals surface area contributed by atoms with Crippen molar-refractivity contribution in [3.05, 3.63) is 96.1 Å². The van der Waals surface area contributed by atoms with Crippen molar-refractivity contribution in [2.45, 2.75) is 6.42 Å². The molecule has 0 spiro atoms. The van der Waals surface area contributed by atoms with Crippen LogP contribution >= 0.6 is 0 Å². The van der Waals surface area contributed by atoms with Gasteiger partial charge in [-0.15, -0.1) is 0 Å². The number of amides is 1. The Morgan fingerprint density at radius 1 is 0.828 bits per heavy atom. The molecular weight excluding hydrogens is 386 g/mol. The Bertz CT molecular complexity index is 1060. The lowest BCUT2D eigenvalue weighted by Gasteiger charge is -2.09. The molecule has 0 saturated carbocycles. The van der Waals surface area contributed by atoms with Crippen molar-refractivity contribution in [1.29, 1.82) is 0 Å². The Labute approximate surface area is 171 Å². The fourth-order valence-corrected chi connectivity index (χ4v) is 3.85. The van der Waals surface area contributed by atoms with Crippen LogP contribution in [-0.4, -0.2) is 16.7 Å². The molecule has 0 bridgehead atoms. The molecule has 1 aliphatic rings. The summed E-state index contributed by atoms with van der Waals surface area (Å²) >= 11 is 0.